The summed E-state index contributed by atoms with van der Waals surface area (Å²) in [5.74, 6) is 0.550. The Morgan fingerprint density at radius 2 is 1.95 bits per heavy atom. The van der Waals surface area contributed by atoms with Gasteiger partial charge in [0.25, 0.3) is 0 Å². The van der Waals surface area contributed by atoms with Crippen molar-refractivity contribution in [1.29, 1.82) is 0 Å². The van der Waals surface area contributed by atoms with Gasteiger partial charge in [0.2, 0.25) is 10.0 Å². The van der Waals surface area contributed by atoms with E-state index in [1.165, 1.54) is 11.4 Å². The second-order valence-corrected chi connectivity index (χ2v) is 8.30. The predicted octanol–water partition coefficient (Wildman–Crippen LogP) is 3.52. The summed E-state index contributed by atoms with van der Waals surface area (Å²) >= 11 is 6.46. The highest BCUT2D eigenvalue weighted by molar-refractivity contribution is 9.10. The third kappa shape index (κ3) is 3.50. The van der Waals surface area contributed by atoms with Crippen LogP contribution in [0.25, 0.3) is 0 Å². The molecule has 1 heterocycles. The van der Waals surface area contributed by atoms with Gasteiger partial charge in [0.05, 0.1) is 11.4 Å². The number of halogens is 2. The van der Waals surface area contributed by atoms with Gasteiger partial charge in [-0.1, -0.05) is 15.9 Å². The lowest BCUT2D eigenvalue weighted by atomic mass is 10.2. The number of anilines is 1. The highest BCUT2D eigenvalue weighted by atomic mass is 79.9. The predicted molar refractivity (Wildman–Crippen MR) is 88.4 cm³/mol. The largest absolute Gasteiger partial charge is 0.453 e. The van der Waals surface area contributed by atoms with Crippen LogP contribution < -0.4 is 5.73 Å². The Balaban J connectivity index is 2.37. The molecule has 0 amide bonds. The number of hydrogen-bond donors (Lipinski definition) is 1. The molecule has 2 rings (SSSR count). The van der Waals surface area contributed by atoms with Crippen molar-refractivity contribution in [2.75, 3.05) is 12.8 Å². The zero-order valence-corrected chi connectivity index (χ0v) is 15.4. The molecule has 0 atom stereocenters. The number of benzene rings is 1. The van der Waals surface area contributed by atoms with Gasteiger partial charge in [-0.2, -0.15) is 4.31 Å². The van der Waals surface area contributed by atoms with E-state index in [4.69, 9.17) is 10.2 Å². The van der Waals surface area contributed by atoms with Crippen LogP contribution in [0.4, 0.5) is 5.69 Å². The molecular formula is C13H14Br2N2O3S. The van der Waals surface area contributed by atoms with Crippen molar-refractivity contribution < 1.29 is 12.8 Å². The van der Waals surface area contributed by atoms with Gasteiger partial charge in [-0.3, -0.25) is 0 Å². The SMILES string of the molecule is Cc1c(N)cc(Br)cc1S(=O)(=O)N(C)Cc1ccc(Br)o1. The average molecular weight is 438 g/mol. The number of nitrogens with two attached hydrogens (primary N) is 1. The minimum absolute atomic E-state index is 0.139. The van der Waals surface area contributed by atoms with Crippen molar-refractivity contribution in [2.45, 2.75) is 18.4 Å². The Morgan fingerprint density at radius 3 is 2.52 bits per heavy atom. The molecule has 0 bridgehead atoms. The van der Waals surface area contributed by atoms with E-state index < -0.39 is 10.0 Å². The fourth-order valence-electron chi connectivity index (χ4n) is 1.85. The van der Waals surface area contributed by atoms with E-state index in [1.54, 1.807) is 31.2 Å². The van der Waals surface area contributed by atoms with Crippen LogP contribution in [0.3, 0.4) is 0 Å². The molecule has 1 aromatic heterocycles. The van der Waals surface area contributed by atoms with Crippen LogP contribution in [0.2, 0.25) is 0 Å². The van der Waals surface area contributed by atoms with E-state index in [9.17, 15) is 8.42 Å². The Kier molecular flexibility index (Phi) is 4.82. The molecule has 0 aliphatic carbocycles. The molecule has 2 N–H and O–H groups in total. The zero-order chi connectivity index (χ0) is 15.8. The van der Waals surface area contributed by atoms with Crippen LogP contribution in [0.1, 0.15) is 11.3 Å². The third-order valence-corrected chi connectivity index (χ3v) is 5.87. The van der Waals surface area contributed by atoms with Crippen molar-refractivity contribution in [3.05, 3.63) is 44.7 Å². The van der Waals surface area contributed by atoms with E-state index in [1.807, 2.05) is 0 Å². The molecule has 0 fully saturated rings. The molecule has 0 radical (unpaired) electrons. The highest BCUT2D eigenvalue weighted by Crippen LogP contribution is 2.29. The normalized spacial score (nSPS) is 12.0. The molecule has 0 saturated heterocycles. The second kappa shape index (κ2) is 6.12. The summed E-state index contributed by atoms with van der Waals surface area (Å²) < 4.78 is 33.1. The summed E-state index contributed by atoms with van der Waals surface area (Å²) in [5, 5.41) is 0. The summed E-state index contributed by atoms with van der Waals surface area (Å²) in [6.45, 7) is 1.83. The van der Waals surface area contributed by atoms with Crippen LogP contribution in [-0.4, -0.2) is 19.8 Å². The van der Waals surface area contributed by atoms with Crippen LogP contribution in [0.15, 0.2) is 42.7 Å². The molecular weight excluding hydrogens is 424 g/mol. The van der Waals surface area contributed by atoms with Crippen LogP contribution >= 0.6 is 31.9 Å². The maximum absolute atomic E-state index is 12.7. The van der Waals surface area contributed by atoms with Gasteiger partial charge in [-0.15, -0.1) is 0 Å². The topological polar surface area (TPSA) is 76.5 Å². The van der Waals surface area contributed by atoms with E-state index in [0.717, 1.165) is 0 Å². The van der Waals surface area contributed by atoms with E-state index >= 15 is 0 Å². The van der Waals surface area contributed by atoms with Crippen LogP contribution in [0, 0.1) is 6.92 Å². The summed E-state index contributed by atoms with van der Waals surface area (Å²) in [6.07, 6.45) is 0. The zero-order valence-electron chi connectivity index (χ0n) is 11.4. The van der Waals surface area contributed by atoms with E-state index in [0.29, 0.717) is 26.2 Å². The number of rotatable bonds is 4. The average Bonchev–Trinajstić information content (AvgIpc) is 2.79. The third-order valence-electron chi connectivity index (χ3n) is 3.06. The number of nitrogen functional groups attached to an aromatic ring is 1. The smallest absolute Gasteiger partial charge is 0.243 e. The fourth-order valence-corrected chi connectivity index (χ4v) is 4.23. The summed E-state index contributed by atoms with van der Waals surface area (Å²) in [7, 11) is -2.15. The van der Waals surface area contributed by atoms with E-state index in [-0.39, 0.29) is 11.4 Å². The Bertz CT molecular complexity index is 772. The van der Waals surface area contributed by atoms with Gasteiger partial charge < -0.3 is 10.2 Å². The van der Waals surface area contributed by atoms with Crippen LogP contribution in [0.5, 0.6) is 0 Å². The molecule has 0 aliphatic heterocycles. The van der Waals surface area contributed by atoms with Gasteiger partial charge in [0.1, 0.15) is 5.76 Å². The molecule has 114 valence electrons. The van der Waals surface area contributed by atoms with Crippen molar-refractivity contribution in [3.8, 4) is 0 Å². The minimum Gasteiger partial charge on any atom is -0.453 e. The molecule has 0 aliphatic rings. The standard InChI is InChI=1S/C13H14Br2N2O3S/c1-8-11(16)5-9(14)6-12(8)21(18,19)17(2)7-10-3-4-13(15)20-10/h3-6H,7,16H2,1-2H3. The second-order valence-electron chi connectivity index (χ2n) is 4.59. The van der Waals surface area contributed by atoms with Crippen molar-refractivity contribution in [3.63, 3.8) is 0 Å². The Hall–Kier alpha value is -0.830. The van der Waals surface area contributed by atoms with Gasteiger partial charge in [-0.05, 0) is 52.7 Å². The Morgan fingerprint density at radius 1 is 1.29 bits per heavy atom. The molecule has 21 heavy (non-hydrogen) atoms. The maximum atomic E-state index is 12.7. The molecule has 5 nitrogen and oxygen atoms in total. The quantitative estimate of drug-likeness (QED) is 0.742. The first-order valence-corrected chi connectivity index (χ1v) is 9.00. The molecule has 2 aromatic rings. The number of sulfonamides is 1. The first-order valence-electron chi connectivity index (χ1n) is 5.98. The number of nitrogens with zero attached hydrogens (tertiary/aromatic N) is 1. The Labute approximate surface area is 140 Å². The first-order chi connectivity index (χ1) is 9.71. The highest BCUT2D eigenvalue weighted by Gasteiger charge is 2.25. The minimum atomic E-state index is -3.66. The van der Waals surface area contributed by atoms with Gasteiger partial charge in [0.15, 0.2) is 4.67 Å². The summed E-state index contributed by atoms with van der Waals surface area (Å²) in [5.41, 5.74) is 6.80. The van der Waals surface area contributed by atoms with Crippen molar-refractivity contribution in [1.82, 2.24) is 4.31 Å². The molecule has 0 spiro atoms. The van der Waals surface area contributed by atoms with Gasteiger partial charge in [0, 0.05) is 17.2 Å². The lowest BCUT2D eigenvalue weighted by Crippen LogP contribution is -2.27. The summed E-state index contributed by atoms with van der Waals surface area (Å²) in [4.78, 5) is 0.183. The summed E-state index contributed by atoms with van der Waals surface area (Å²) in [6, 6.07) is 6.67. The lowest BCUT2D eigenvalue weighted by molar-refractivity contribution is 0.398. The van der Waals surface area contributed by atoms with E-state index in [2.05, 4.69) is 31.9 Å². The van der Waals surface area contributed by atoms with Crippen molar-refractivity contribution >= 4 is 47.6 Å². The molecule has 1 aromatic carbocycles. The maximum Gasteiger partial charge on any atom is 0.243 e. The lowest BCUT2D eigenvalue weighted by Gasteiger charge is -2.18. The first kappa shape index (κ1) is 16.5. The fraction of sp³-hybridized carbons (Fsp3) is 0.231. The molecule has 0 saturated carbocycles. The van der Waals surface area contributed by atoms with Crippen LogP contribution in [-0.2, 0) is 16.6 Å². The number of hydrogen-bond acceptors (Lipinski definition) is 4. The van der Waals surface area contributed by atoms with Gasteiger partial charge >= 0.3 is 0 Å². The monoisotopic (exact) mass is 436 g/mol. The van der Waals surface area contributed by atoms with Gasteiger partial charge in [-0.25, -0.2) is 8.42 Å². The number of furan rings is 1. The molecule has 0 unspecified atom stereocenters. The van der Waals surface area contributed by atoms with Crippen molar-refractivity contribution in [2.24, 2.45) is 0 Å². The molecule has 8 heteroatoms.